The van der Waals surface area contributed by atoms with Crippen LogP contribution in [0.15, 0.2) is 67.0 Å². The smallest absolute Gasteiger partial charge is 0.253 e. The summed E-state index contributed by atoms with van der Waals surface area (Å²) in [5.74, 6) is 2.14. The monoisotopic (exact) mass is 374 g/mol. The van der Waals surface area contributed by atoms with Crippen LogP contribution in [0, 0.1) is 6.92 Å². The number of nitrogens with zero attached hydrogens (tertiary/aromatic N) is 4. The van der Waals surface area contributed by atoms with Crippen LogP contribution >= 0.6 is 0 Å². The Hall–Kier alpha value is -3.41. The molecule has 1 fully saturated rings. The number of hydrogen-bond acceptors (Lipinski definition) is 5. The molecule has 0 N–H and O–H groups in total. The molecule has 6 heteroatoms. The Balaban J connectivity index is 1.39. The first-order chi connectivity index (χ1) is 13.7. The zero-order chi connectivity index (χ0) is 19.3. The summed E-state index contributed by atoms with van der Waals surface area (Å²) in [5.41, 5.74) is 1.91. The minimum Gasteiger partial charge on any atom is -0.439 e. The molecular formula is C22H22N4O2. The van der Waals surface area contributed by atoms with Crippen LogP contribution in [0.5, 0.6) is 11.6 Å². The van der Waals surface area contributed by atoms with Crippen LogP contribution in [-0.2, 0) is 0 Å². The lowest BCUT2D eigenvalue weighted by Gasteiger charge is -2.35. The van der Waals surface area contributed by atoms with Gasteiger partial charge in [0.15, 0.2) is 0 Å². The number of carbonyl (C=O) groups excluding carboxylic acids is 1. The van der Waals surface area contributed by atoms with Crippen molar-refractivity contribution in [2.45, 2.75) is 6.92 Å². The van der Waals surface area contributed by atoms with Crippen molar-refractivity contribution >= 4 is 11.7 Å². The fraction of sp³-hybridized carbons (Fsp3) is 0.227. The van der Waals surface area contributed by atoms with E-state index in [-0.39, 0.29) is 5.91 Å². The summed E-state index contributed by atoms with van der Waals surface area (Å²) in [6, 6.07) is 19.1. The van der Waals surface area contributed by atoms with E-state index < -0.39 is 0 Å². The number of piperazine rings is 1. The van der Waals surface area contributed by atoms with Crippen LogP contribution in [0.4, 0.5) is 5.82 Å². The van der Waals surface area contributed by atoms with Crippen LogP contribution in [0.25, 0.3) is 0 Å². The third kappa shape index (κ3) is 4.11. The average Bonchev–Trinajstić information content (AvgIpc) is 2.76. The Morgan fingerprint density at radius 1 is 0.929 bits per heavy atom. The van der Waals surface area contributed by atoms with Gasteiger partial charge in [-0.05, 0) is 31.2 Å². The van der Waals surface area contributed by atoms with E-state index in [0.717, 1.165) is 30.2 Å². The summed E-state index contributed by atoms with van der Waals surface area (Å²) in [4.78, 5) is 25.2. The van der Waals surface area contributed by atoms with E-state index in [1.807, 2.05) is 72.5 Å². The van der Waals surface area contributed by atoms with Gasteiger partial charge in [0.1, 0.15) is 17.9 Å². The molecule has 0 unspecified atom stereocenters. The molecule has 1 amide bonds. The molecule has 1 saturated heterocycles. The Bertz CT molecular complexity index is 936. The second-order valence-electron chi connectivity index (χ2n) is 6.77. The van der Waals surface area contributed by atoms with Gasteiger partial charge in [-0.1, -0.05) is 35.9 Å². The summed E-state index contributed by atoms with van der Waals surface area (Å²) in [7, 11) is 0. The third-order valence-electron chi connectivity index (χ3n) is 4.78. The molecule has 1 aliphatic rings. The second kappa shape index (κ2) is 8.08. The number of benzene rings is 2. The first-order valence-electron chi connectivity index (χ1n) is 9.35. The highest BCUT2D eigenvalue weighted by Gasteiger charge is 2.23. The van der Waals surface area contributed by atoms with Crippen molar-refractivity contribution in [2.24, 2.45) is 0 Å². The summed E-state index contributed by atoms with van der Waals surface area (Å²) in [6.07, 6.45) is 1.51. The first kappa shape index (κ1) is 18.0. The van der Waals surface area contributed by atoms with Gasteiger partial charge >= 0.3 is 0 Å². The molecule has 2 heterocycles. The van der Waals surface area contributed by atoms with Crippen molar-refractivity contribution < 1.29 is 9.53 Å². The molecule has 4 rings (SSSR count). The summed E-state index contributed by atoms with van der Waals surface area (Å²) < 4.78 is 5.84. The van der Waals surface area contributed by atoms with E-state index in [1.165, 1.54) is 11.9 Å². The van der Waals surface area contributed by atoms with Crippen molar-refractivity contribution in [3.05, 3.63) is 78.1 Å². The molecule has 0 bridgehead atoms. The van der Waals surface area contributed by atoms with Crippen LogP contribution in [0.3, 0.4) is 0 Å². The van der Waals surface area contributed by atoms with E-state index >= 15 is 0 Å². The quantitative estimate of drug-likeness (QED) is 0.699. The van der Waals surface area contributed by atoms with Crippen molar-refractivity contribution in [3.8, 4) is 11.6 Å². The number of hydrogen-bond donors (Lipinski definition) is 0. The van der Waals surface area contributed by atoms with Crippen molar-refractivity contribution in [2.75, 3.05) is 31.1 Å². The van der Waals surface area contributed by atoms with Crippen molar-refractivity contribution in [3.63, 3.8) is 0 Å². The molecule has 1 aliphatic heterocycles. The molecule has 0 spiro atoms. The maximum atomic E-state index is 12.6. The van der Waals surface area contributed by atoms with Crippen molar-refractivity contribution in [1.29, 1.82) is 0 Å². The number of rotatable bonds is 4. The van der Waals surface area contributed by atoms with Gasteiger partial charge in [-0.2, -0.15) is 0 Å². The zero-order valence-corrected chi connectivity index (χ0v) is 15.8. The molecule has 6 nitrogen and oxygen atoms in total. The summed E-state index contributed by atoms with van der Waals surface area (Å²) >= 11 is 0. The molecule has 3 aromatic rings. The molecule has 28 heavy (non-hydrogen) atoms. The molecular weight excluding hydrogens is 352 g/mol. The lowest BCUT2D eigenvalue weighted by atomic mass is 10.2. The van der Waals surface area contributed by atoms with Crippen LogP contribution < -0.4 is 9.64 Å². The molecule has 2 aromatic carbocycles. The summed E-state index contributed by atoms with van der Waals surface area (Å²) in [6.45, 7) is 4.80. The largest absolute Gasteiger partial charge is 0.439 e. The molecule has 0 radical (unpaired) electrons. The predicted octanol–water partition coefficient (Wildman–Crippen LogP) is 3.54. The number of ether oxygens (including phenoxy) is 1. The van der Waals surface area contributed by atoms with Gasteiger partial charge < -0.3 is 14.5 Å². The zero-order valence-electron chi connectivity index (χ0n) is 15.8. The van der Waals surface area contributed by atoms with E-state index in [4.69, 9.17) is 4.74 Å². The van der Waals surface area contributed by atoms with Gasteiger partial charge in [0, 0.05) is 37.8 Å². The van der Waals surface area contributed by atoms with E-state index in [9.17, 15) is 4.79 Å². The van der Waals surface area contributed by atoms with Crippen molar-refractivity contribution in [1.82, 2.24) is 14.9 Å². The number of aromatic nitrogens is 2. The van der Waals surface area contributed by atoms with Gasteiger partial charge in [-0.3, -0.25) is 4.79 Å². The SMILES string of the molecule is Cc1ccc(Oc2cc(N3CCN(C(=O)c4ccccc4)CC3)ncn2)cc1. The standard InChI is InChI=1S/C22H22N4O2/c1-17-7-9-19(10-8-17)28-21-15-20(23-16-24-21)25-11-13-26(14-12-25)22(27)18-5-3-2-4-6-18/h2-10,15-16H,11-14H2,1H3. The number of carbonyl (C=O) groups is 1. The topological polar surface area (TPSA) is 58.6 Å². The molecule has 0 aliphatic carbocycles. The lowest BCUT2D eigenvalue weighted by Crippen LogP contribution is -2.49. The first-order valence-corrected chi connectivity index (χ1v) is 9.35. The highest BCUT2D eigenvalue weighted by atomic mass is 16.5. The number of anilines is 1. The second-order valence-corrected chi connectivity index (χ2v) is 6.77. The van der Waals surface area contributed by atoms with E-state index in [2.05, 4.69) is 14.9 Å². The van der Waals surface area contributed by atoms with E-state index in [1.54, 1.807) is 0 Å². The Morgan fingerprint density at radius 3 is 2.36 bits per heavy atom. The predicted molar refractivity (Wildman–Crippen MR) is 108 cm³/mol. The maximum Gasteiger partial charge on any atom is 0.253 e. The highest BCUT2D eigenvalue weighted by molar-refractivity contribution is 5.94. The Kier molecular flexibility index (Phi) is 5.19. The summed E-state index contributed by atoms with van der Waals surface area (Å²) in [5, 5.41) is 0. The van der Waals surface area contributed by atoms with Gasteiger partial charge in [-0.25, -0.2) is 9.97 Å². The Labute approximate surface area is 164 Å². The third-order valence-corrected chi connectivity index (χ3v) is 4.78. The fourth-order valence-corrected chi connectivity index (χ4v) is 3.19. The maximum absolute atomic E-state index is 12.6. The van der Waals surface area contributed by atoms with Gasteiger partial charge in [0.25, 0.3) is 5.91 Å². The molecule has 0 saturated carbocycles. The van der Waals surface area contributed by atoms with Gasteiger partial charge in [0.2, 0.25) is 5.88 Å². The highest BCUT2D eigenvalue weighted by Crippen LogP contribution is 2.23. The van der Waals surface area contributed by atoms with Gasteiger partial charge in [0.05, 0.1) is 0 Å². The molecule has 1 aromatic heterocycles. The van der Waals surface area contributed by atoms with E-state index in [0.29, 0.717) is 19.0 Å². The normalized spacial score (nSPS) is 14.0. The number of aryl methyl sites for hydroxylation is 1. The fourth-order valence-electron chi connectivity index (χ4n) is 3.19. The van der Waals surface area contributed by atoms with Crippen LogP contribution in [0.1, 0.15) is 15.9 Å². The average molecular weight is 374 g/mol. The van der Waals surface area contributed by atoms with Gasteiger partial charge in [-0.15, -0.1) is 0 Å². The Morgan fingerprint density at radius 2 is 1.64 bits per heavy atom. The lowest BCUT2D eigenvalue weighted by molar-refractivity contribution is 0.0746. The van der Waals surface area contributed by atoms with Crippen LogP contribution in [-0.4, -0.2) is 47.0 Å². The minimum atomic E-state index is 0.0753. The molecule has 142 valence electrons. The van der Waals surface area contributed by atoms with Crippen LogP contribution in [0.2, 0.25) is 0 Å². The minimum absolute atomic E-state index is 0.0753. The molecule has 0 atom stereocenters. The number of amides is 1.